The number of amides is 1. The lowest BCUT2D eigenvalue weighted by molar-refractivity contribution is -0.384. The minimum Gasteiger partial charge on any atom is -0.294 e. The van der Waals surface area contributed by atoms with Crippen molar-refractivity contribution in [2.24, 2.45) is 5.41 Å². The number of anilines is 1. The molecule has 0 fully saturated rings. The van der Waals surface area contributed by atoms with Crippen LogP contribution < -0.4 is 4.90 Å². The van der Waals surface area contributed by atoms with Crippen molar-refractivity contribution in [2.45, 2.75) is 62.5 Å². The molecule has 0 bridgehead atoms. The number of rotatable bonds is 5. The van der Waals surface area contributed by atoms with Crippen LogP contribution in [0.2, 0.25) is 0 Å². The Morgan fingerprint density at radius 3 is 2.69 bits per heavy atom. The van der Waals surface area contributed by atoms with E-state index in [-0.39, 0.29) is 29.2 Å². The van der Waals surface area contributed by atoms with Crippen molar-refractivity contribution in [3.63, 3.8) is 0 Å². The standard InChI is InChI=1S/C22H24N4O4S2/c1-12(2)31-21-24-23-20(32-21)25-16-10-22(3,4)11-17(27)19(16)15(9-18(25)28)13-6-5-7-14(8-13)26(29)30/h5-8,12,15H,9-11H2,1-4H3/t15-/m1/s1. The number of aromatic nitrogens is 2. The van der Waals surface area contributed by atoms with Crippen molar-refractivity contribution < 1.29 is 14.5 Å². The van der Waals surface area contributed by atoms with E-state index < -0.39 is 10.8 Å². The quantitative estimate of drug-likeness (QED) is 0.258. The molecule has 0 spiro atoms. The van der Waals surface area contributed by atoms with Crippen LogP contribution in [0.25, 0.3) is 0 Å². The second-order valence-corrected chi connectivity index (χ2v) is 11.9. The summed E-state index contributed by atoms with van der Waals surface area (Å²) in [5, 5.41) is 20.6. The number of hydrogen-bond acceptors (Lipinski definition) is 8. The lowest BCUT2D eigenvalue weighted by Crippen LogP contribution is -2.43. The number of thioether (sulfide) groups is 1. The second-order valence-electron chi connectivity index (χ2n) is 9.16. The lowest BCUT2D eigenvalue weighted by atomic mass is 9.69. The Hall–Kier alpha value is -2.59. The third-order valence-corrected chi connectivity index (χ3v) is 7.55. The molecule has 1 amide bonds. The number of ketones is 1. The zero-order valence-corrected chi connectivity index (χ0v) is 20.0. The van der Waals surface area contributed by atoms with Crippen molar-refractivity contribution in [2.75, 3.05) is 4.90 Å². The van der Waals surface area contributed by atoms with Gasteiger partial charge in [-0.2, -0.15) is 0 Å². The van der Waals surface area contributed by atoms with Crippen LogP contribution in [-0.4, -0.2) is 32.1 Å². The molecule has 0 N–H and O–H groups in total. The first-order valence-corrected chi connectivity index (χ1v) is 12.1. The van der Waals surface area contributed by atoms with Gasteiger partial charge >= 0.3 is 0 Å². The van der Waals surface area contributed by atoms with Gasteiger partial charge < -0.3 is 0 Å². The van der Waals surface area contributed by atoms with Gasteiger partial charge in [0.15, 0.2) is 10.1 Å². The first-order valence-electron chi connectivity index (χ1n) is 10.4. The van der Waals surface area contributed by atoms with Crippen LogP contribution in [-0.2, 0) is 9.59 Å². The highest BCUT2D eigenvalue weighted by Crippen LogP contribution is 2.49. The summed E-state index contributed by atoms with van der Waals surface area (Å²) >= 11 is 2.92. The molecule has 0 saturated carbocycles. The number of hydrogen-bond donors (Lipinski definition) is 0. The van der Waals surface area contributed by atoms with E-state index in [1.165, 1.54) is 23.5 Å². The highest BCUT2D eigenvalue weighted by Gasteiger charge is 2.45. The highest BCUT2D eigenvalue weighted by molar-refractivity contribution is 8.01. The zero-order chi connectivity index (χ0) is 23.2. The highest BCUT2D eigenvalue weighted by atomic mass is 32.2. The summed E-state index contributed by atoms with van der Waals surface area (Å²) in [7, 11) is 0. The molecular formula is C22H24N4O4S2. The third-order valence-electron chi connectivity index (χ3n) is 5.55. The summed E-state index contributed by atoms with van der Waals surface area (Å²) in [5.74, 6) is -0.704. The molecule has 0 unspecified atom stereocenters. The summed E-state index contributed by atoms with van der Waals surface area (Å²) in [5.41, 5.74) is 1.47. The molecule has 2 heterocycles. The molecular weight excluding hydrogens is 448 g/mol. The van der Waals surface area contributed by atoms with Gasteiger partial charge in [-0.15, -0.1) is 10.2 Å². The van der Waals surface area contributed by atoms with E-state index in [1.54, 1.807) is 28.8 Å². The fourth-order valence-electron chi connectivity index (χ4n) is 4.32. The predicted octanol–water partition coefficient (Wildman–Crippen LogP) is 5.11. The normalized spacial score (nSPS) is 20.7. The van der Waals surface area contributed by atoms with Crippen LogP contribution in [0.3, 0.4) is 0 Å². The van der Waals surface area contributed by atoms with Crippen LogP contribution >= 0.6 is 23.1 Å². The SMILES string of the molecule is CC(C)Sc1nnc(N2C(=O)C[C@H](c3cccc([N+](=O)[O-])c3)C3=C2CC(C)(C)CC3=O)s1. The van der Waals surface area contributed by atoms with Crippen LogP contribution in [0.15, 0.2) is 39.9 Å². The smallest absolute Gasteiger partial charge is 0.269 e. The van der Waals surface area contributed by atoms with E-state index in [4.69, 9.17) is 0 Å². The first kappa shape index (κ1) is 22.6. The van der Waals surface area contributed by atoms with Gasteiger partial charge in [-0.25, -0.2) is 0 Å². The number of benzene rings is 1. The average molecular weight is 473 g/mol. The summed E-state index contributed by atoms with van der Waals surface area (Å²) in [6.07, 6.45) is 0.958. The fraction of sp³-hybridized carbons (Fsp3) is 0.455. The summed E-state index contributed by atoms with van der Waals surface area (Å²) in [6.45, 7) is 8.14. The molecule has 0 radical (unpaired) electrons. The second kappa shape index (κ2) is 8.40. The number of allylic oxidation sites excluding steroid dienone is 2. The largest absolute Gasteiger partial charge is 0.294 e. The van der Waals surface area contributed by atoms with Gasteiger partial charge in [-0.1, -0.05) is 62.9 Å². The average Bonchev–Trinajstić information content (AvgIpc) is 3.13. The van der Waals surface area contributed by atoms with Gasteiger partial charge in [0.2, 0.25) is 11.0 Å². The van der Waals surface area contributed by atoms with Crippen molar-refractivity contribution in [3.05, 3.63) is 51.2 Å². The minimum absolute atomic E-state index is 0.0217. The predicted molar refractivity (Wildman–Crippen MR) is 124 cm³/mol. The molecule has 10 heteroatoms. The van der Waals surface area contributed by atoms with Gasteiger partial charge in [0.05, 0.1) is 4.92 Å². The molecule has 1 atom stereocenters. The number of non-ortho nitro benzene ring substituents is 1. The number of carbonyl (C=O) groups is 2. The maximum absolute atomic E-state index is 13.4. The number of nitro groups is 1. The van der Waals surface area contributed by atoms with Crippen molar-refractivity contribution in [1.82, 2.24) is 10.2 Å². The maximum Gasteiger partial charge on any atom is 0.269 e. The Kier molecular flexibility index (Phi) is 5.93. The molecule has 8 nitrogen and oxygen atoms in total. The Labute approximate surface area is 194 Å². The van der Waals surface area contributed by atoms with E-state index in [1.807, 2.05) is 13.8 Å². The molecule has 1 aromatic carbocycles. The minimum atomic E-state index is -0.505. The number of Topliss-reactive ketones (excluding diaryl/α,β-unsaturated/α-hetero) is 1. The molecule has 4 rings (SSSR count). The van der Waals surface area contributed by atoms with Gasteiger partial charge in [-0.05, 0) is 17.4 Å². The van der Waals surface area contributed by atoms with Crippen LogP contribution in [0.4, 0.5) is 10.8 Å². The fourth-order valence-corrected chi connectivity index (χ4v) is 6.43. The molecule has 1 aromatic heterocycles. The number of nitro benzene ring substituents is 1. The monoisotopic (exact) mass is 472 g/mol. The van der Waals surface area contributed by atoms with E-state index in [0.29, 0.717) is 40.1 Å². The lowest BCUT2D eigenvalue weighted by Gasteiger charge is -2.41. The van der Waals surface area contributed by atoms with Crippen LogP contribution in [0.5, 0.6) is 0 Å². The molecule has 0 saturated heterocycles. The maximum atomic E-state index is 13.4. The first-order chi connectivity index (χ1) is 15.1. The molecule has 2 aliphatic rings. The summed E-state index contributed by atoms with van der Waals surface area (Å²) < 4.78 is 0.771. The van der Waals surface area contributed by atoms with Gasteiger partial charge in [0, 0.05) is 47.4 Å². The van der Waals surface area contributed by atoms with Gasteiger partial charge in [0.25, 0.3) is 5.69 Å². The van der Waals surface area contributed by atoms with Crippen molar-refractivity contribution in [3.8, 4) is 0 Å². The third kappa shape index (κ3) is 4.33. The molecule has 2 aromatic rings. The van der Waals surface area contributed by atoms with Crippen molar-refractivity contribution in [1.29, 1.82) is 0 Å². The van der Waals surface area contributed by atoms with Crippen molar-refractivity contribution >= 4 is 45.6 Å². The molecule has 1 aliphatic carbocycles. The Bertz CT molecular complexity index is 1140. The molecule has 32 heavy (non-hydrogen) atoms. The van der Waals surface area contributed by atoms with Crippen LogP contribution in [0.1, 0.15) is 58.4 Å². The Morgan fingerprint density at radius 1 is 1.25 bits per heavy atom. The van der Waals surface area contributed by atoms with E-state index in [0.717, 1.165) is 4.34 Å². The van der Waals surface area contributed by atoms with E-state index in [9.17, 15) is 19.7 Å². The van der Waals surface area contributed by atoms with Gasteiger partial charge in [0.1, 0.15) is 0 Å². The van der Waals surface area contributed by atoms with E-state index >= 15 is 0 Å². The summed E-state index contributed by atoms with van der Waals surface area (Å²) in [4.78, 5) is 39.1. The van der Waals surface area contributed by atoms with E-state index in [2.05, 4.69) is 24.0 Å². The molecule has 1 aliphatic heterocycles. The summed E-state index contributed by atoms with van der Waals surface area (Å²) in [6, 6.07) is 6.23. The Morgan fingerprint density at radius 2 is 2.00 bits per heavy atom. The number of carbonyl (C=O) groups excluding carboxylic acids is 2. The van der Waals surface area contributed by atoms with Gasteiger partial charge in [-0.3, -0.25) is 24.6 Å². The Balaban J connectivity index is 1.83. The zero-order valence-electron chi connectivity index (χ0n) is 18.3. The topological polar surface area (TPSA) is 106 Å². The van der Waals surface area contributed by atoms with Crippen LogP contribution in [0, 0.1) is 15.5 Å². The molecule has 168 valence electrons. The number of nitrogens with zero attached hydrogens (tertiary/aromatic N) is 4.